The van der Waals surface area contributed by atoms with Gasteiger partial charge in [0.25, 0.3) is 0 Å². The predicted molar refractivity (Wildman–Crippen MR) is 84.8 cm³/mol. The topological polar surface area (TPSA) is 125 Å². The van der Waals surface area contributed by atoms with Gasteiger partial charge in [0.15, 0.2) is 0 Å². The van der Waals surface area contributed by atoms with E-state index >= 15 is 0 Å². The van der Waals surface area contributed by atoms with Crippen LogP contribution in [0.5, 0.6) is 0 Å². The number of H-pyrrole nitrogens is 1. The van der Waals surface area contributed by atoms with Crippen molar-refractivity contribution in [2.75, 3.05) is 11.0 Å². The monoisotopic (exact) mass is 332 g/mol. The van der Waals surface area contributed by atoms with E-state index in [0.717, 1.165) is 6.26 Å². The lowest BCUT2D eigenvalue weighted by atomic mass is 10.0. The highest BCUT2D eigenvalue weighted by molar-refractivity contribution is 7.92. The molecule has 3 rings (SSSR count). The van der Waals surface area contributed by atoms with Crippen LogP contribution in [0.15, 0.2) is 36.4 Å². The maximum absolute atomic E-state index is 11.4. The Morgan fingerprint density at radius 2 is 1.96 bits per heavy atom. The Hall–Kier alpha value is -2.94. The van der Waals surface area contributed by atoms with Crippen molar-refractivity contribution in [1.29, 1.82) is 0 Å². The number of nitrogens with one attached hydrogen (secondary N) is 2. The molecule has 0 aliphatic rings. The highest BCUT2D eigenvalue weighted by Crippen LogP contribution is 2.27. The standard InChI is InChI=1S/C14H12N4O4S/c1-23(21,22)17-10-4-2-3-8(5-10)9-6-11(14(19)20)13-12(7-9)15-18-16-13/h2-7,17H,1H3,(H,19,20)(H,15,16,18). The number of benzene rings is 2. The van der Waals surface area contributed by atoms with E-state index in [0.29, 0.717) is 22.3 Å². The summed E-state index contributed by atoms with van der Waals surface area (Å²) in [5.74, 6) is -1.11. The summed E-state index contributed by atoms with van der Waals surface area (Å²) in [7, 11) is -3.39. The van der Waals surface area contributed by atoms with E-state index in [9.17, 15) is 18.3 Å². The number of carboxylic acids is 1. The molecule has 2 aromatic carbocycles. The van der Waals surface area contributed by atoms with Crippen molar-refractivity contribution in [3.05, 3.63) is 42.0 Å². The molecule has 0 unspecified atom stereocenters. The predicted octanol–water partition coefficient (Wildman–Crippen LogP) is 1.69. The summed E-state index contributed by atoms with van der Waals surface area (Å²) < 4.78 is 25.0. The molecule has 0 fully saturated rings. The number of rotatable bonds is 4. The molecule has 0 bridgehead atoms. The quantitative estimate of drug-likeness (QED) is 0.667. The van der Waals surface area contributed by atoms with Crippen LogP contribution in [-0.4, -0.2) is 41.2 Å². The van der Waals surface area contributed by atoms with E-state index in [4.69, 9.17) is 0 Å². The number of hydrogen-bond donors (Lipinski definition) is 3. The summed E-state index contributed by atoms with van der Waals surface area (Å²) in [6, 6.07) is 9.82. The molecule has 0 aliphatic heterocycles. The third-order valence-electron chi connectivity index (χ3n) is 3.15. The average Bonchev–Trinajstić information content (AvgIpc) is 2.92. The summed E-state index contributed by atoms with van der Waals surface area (Å²) >= 11 is 0. The van der Waals surface area contributed by atoms with Crippen molar-refractivity contribution in [1.82, 2.24) is 15.4 Å². The van der Waals surface area contributed by atoms with Crippen molar-refractivity contribution in [2.45, 2.75) is 0 Å². The molecule has 0 saturated carbocycles. The Kier molecular flexibility index (Phi) is 3.49. The Bertz CT molecular complexity index is 1010. The molecule has 3 aromatic rings. The zero-order valence-corrected chi connectivity index (χ0v) is 12.8. The minimum absolute atomic E-state index is 0.0210. The Morgan fingerprint density at radius 3 is 2.65 bits per heavy atom. The molecule has 1 heterocycles. The Labute approximate surface area is 131 Å². The van der Waals surface area contributed by atoms with E-state index < -0.39 is 16.0 Å². The van der Waals surface area contributed by atoms with Gasteiger partial charge in [0.2, 0.25) is 10.0 Å². The maximum atomic E-state index is 11.4. The molecule has 0 radical (unpaired) electrons. The summed E-state index contributed by atoms with van der Waals surface area (Å²) in [5.41, 5.74) is 2.36. The number of carbonyl (C=O) groups is 1. The molecular weight excluding hydrogens is 320 g/mol. The third-order valence-corrected chi connectivity index (χ3v) is 3.76. The average molecular weight is 332 g/mol. The molecule has 23 heavy (non-hydrogen) atoms. The van der Waals surface area contributed by atoms with Crippen molar-refractivity contribution >= 4 is 32.7 Å². The van der Waals surface area contributed by atoms with E-state index in [1.807, 2.05) is 0 Å². The molecule has 9 heteroatoms. The van der Waals surface area contributed by atoms with Gasteiger partial charge in [0.1, 0.15) is 11.0 Å². The third kappa shape index (κ3) is 3.14. The summed E-state index contributed by atoms with van der Waals surface area (Å²) in [5, 5.41) is 19.5. The van der Waals surface area contributed by atoms with Gasteiger partial charge in [-0.2, -0.15) is 15.4 Å². The second-order valence-electron chi connectivity index (χ2n) is 4.98. The van der Waals surface area contributed by atoms with Crippen LogP contribution >= 0.6 is 0 Å². The summed E-state index contributed by atoms with van der Waals surface area (Å²) in [4.78, 5) is 11.4. The second kappa shape index (κ2) is 5.36. The number of nitrogens with zero attached hydrogens (tertiary/aromatic N) is 2. The van der Waals surface area contributed by atoms with Gasteiger partial charge in [0.05, 0.1) is 11.8 Å². The van der Waals surface area contributed by atoms with E-state index in [1.165, 1.54) is 6.07 Å². The molecule has 0 aliphatic carbocycles. The van der Waals surface area contributed by atoms with Crippen LogP contribution in [0.2, 0.25) is 0 Å². The molecule has 0 saturated heterocycles. The first kappa shape index (κ1) is 15.0. The van der Waals surface area contributed by atoms with Gasteiger partial charge in [-0.3, -0.25) is 4.72 Å². The molecule has 8 nitrogen and oxygen atoms in total. The first-order valence-electron chi connectivity index (χ1n) is 6.49. The fourth-order valence-electron chi connectivity index (χ4n) is 2.26. The number of hydrogen-bond acceptors (Lipinski definition) is 5. The van der Waals surface area contributed by atoms with Gasteiger partial charge < -0.3 is 5.11 Å². The van der Waals surface area contributed by atoms with E-state index in [-0.39, 0.29) is 11.1 Å². The number of aromatic nitrogens is 3. The number of aromatic carboxylic acids is 1. The minimum atomic E-state index is -3.39. The SMILES string of the molecule is CS(=O)(=O)Nc1cccc(-c2cc(C(=O)O)c3n[nH]nc3c2)c1. The summed E-state index contributed by atoms with van der Waals surface area (Å²) in [6.45, 7) is 0. The van der Waals surface area contributed by atoms with Gasteiger partial charge in [-0.05, 0) is 35.4 Å². The number of anilines is 1. The van der Waals surface area contributed by atoms with Gasteiger partial charge in [-0.25, -0.2) is 13.2 Å². The Morgan fingerprint density at radius 1 is 1.17 bits per heavy atom. The number of sulfonamides is 1. The highest BCUT2D eigenvalue weighted by atomic mass is 32.2. The van der Waals surface area contributed by atoms with Crippen LogP contribution < -0.4 is 4.72 Å². The van der Waals surface area contributed by atoms with Gasteiger partial charge >= 0.3 is 5.97 Å². The lowest BCUT2D eigenvalue weighted by molar-refractivity contribution is 0.0699. The maximum Gasteiger partial charge on any atom is 0.338 e. The number of carboxylic acid groups (broad SMARTS) is 1. The van der Waals surface area contributed by atoms with Crippen molar-refractivity contribution in [2.24, 2.45) is 0 Å². The molecular formula is C14H12N4O4S. The fraction of sp³-hybridized carbons (Fsp3) is 0.0714. The van der Waals surface area contributed by atoms with E-state index in [1.54, 1.807) is 30.3 Å². The first-order chi connectivity index (χ1) is 10.8. The van der Waals surface area contributed by atoms with Crippen molar-refractivity contribution in [3.8, 4) is 11.1 Å². The van der Waals surface area contributed by atoms with Crippen LogP contribution in [0.4, 0.5) is 5.69 Å². The van der Waals surface area contributed by atoms with Crippen LogP contribution in [0, 0.1) is 0 Å². The molecule has 0 spiro atoms. The zero-order chi connectivity index (χ0) is 16.6. The minimum Gasteiger partial charge on any atom is -0.478 e. The number of fused-ring (bicyclic) bond motifs is 1. The molecule has 3 N–H and O–H groups in total. The zero-order valence-electron chi connectivity index (χ0n) is 11.9. The number of aromatic amines is 1. The highest BCUT2D eigenvalue weighted by Gasteiger charge is 2.15. The van der Waals surface area contributed by atoms with Gasteiger partial charge in [0, 0.05) is 5.69 Å². The molecule has 0 amide bonds. The van der Waals surface area contributed by atoms with Gasteiger partial charge in [-0.15, -0.1) is 0 Å². The second-order valence-corrected chi connectivity index (χ2v) is 6.72. The lowest BCUT2D eigenvalue weighted by Crippen LogP contribution is -2.09. The fourth-order valence-corrected chi connectivity index (χ4v) is 2.81. The first-order valence-corrected chi connectivity index (χ1v) is 8.39. The van der Waals surface area contributed by atoms with Crippen LogP contribution in [0.25, 0.3) is 22.2 Å². The van der Waals surface area contributed by atoms with Crippen LogP contribution in [-0.2, 0) is 10.0 Å². The lowest BCUT2D eigenvalue weighted by Gasteiger charge is -2.08. The Balaban J connectivity index is 2.13. The van der Waals surface area contributed by atoms with Crippen molar-refractivity contribution < 1.29 is 18.3 Å². The normalized spacial score (nSPS) is 11.5. The van der Waals surface area contributed by atoms with Crippen LogP contribution in [0.3, 0.4) is 0 Å². The molecule has 1 aromatic heterocycles. The molecule has 118 valence electrons. The van der Waals surface area contributed by atoms with Gasteiger partial charge in [-0.1, -0.05) is 12.1 Å². The van der Waals surface area contributed by atoms with Crippen LogP contribution in [0.1, 0.15) is 10.4 Å². The van der Waals surface area contributed by atoms with E-state index in [2.05, 4.69) is 20.1 Å². The molecule has 0 atom stereocenters. The smallest absolute Gasteiger partial charge is 0.338 e. The largest absolute Gasteiger partial charge is 0.478 e. The van der Waals surface area contributed by atoms with Crippen molar-refractivity contribution in [3.63, 3.8) is 0 Å². The summed E-state index contributed by atoms with van der Waals surface area (Å²) in [6.07, 6.45) is 1.06.